The second-order valence-corrected chi connectivity index (χ2v) is 20.1. The molecule has 16 aromatic rings. The molecule has 0 aliphatic carbocycles. The maximum Gasteiger partial charge on any atom is 0.164 e. The van der Waals surface area contributed by atoms with Gasteiger partial charge in [0.15, 0.2) is 17.5 Å². The highest BCUT2D eigenvalue weighted by molar-refractivity contribution is 6.14. The third-order valence-electron chi connectivity index (χ3n) is 15.7. The van der Waals surface area contributed by atoms with E-state index >= 15 is 0 Å². The lowest BCUT2D eigenvalue weighted by molar-refractivity contribution is 1.07. The van der Waals surface area contributed by atoms with Crippen LogP contribution in [0.4, 0.5) is 0 Å². The highest BCUT2D eigenvalue weighted by Gasteiger charge is 2.20. The van der Waals surface area contributed by atoms with Crippen molar-refractivity contribution in [2.75, 3.05) is 0 Å². The van der Waals surface area contributed by atoms with Crippen LogP contribution in [0.15, 0.2) is 255 Å². The molecular weight excluding hydrogens is 939 g/mol. The Bertz CT molecular complexity index is 4650. The first-order valence-corrected chi connectivity index (χ1v) is 26.2. The van der Waals surface area contributed by atoms with Crippen LogP contribution in [0.1, 0.15) is 5.56 Å². The van der Waals surface area contributed by atoms with Crippen molar-refractivity contribution in [3.05, 3.63) is 260 Å². The summed E-state index contributed by atoms with van der Waals surface area (Å²) < 4.78 is 9.51. The van der Waals surface area contributed by atoms with Gasteiger partial charge in [0.2, 0.25) is 0 Å². The second-order valence-electron chi connectivity index (χ2n) is 20.1. The van der Waals surface area contributed by atoms with Crippen LogP contribution in [-0.4, -0.2) is 33.2 Å². The maximum absolute atomic E-state index is 5.22. The van der Waals surface area contributed by atoms with Crippen molar-refractivity contribution in [3.8, 4) is 56.9 Å². The summed E-state index contributed by atoms with van der Waals surface area (Å²) in [5, 5.41) is 9.80. The minimum absolute atomic E-state index is 0.613. The molecule has 5 aromatic heterocycles. The van der Waals surface area contributed by atoms with Crippen molar-refractivity contribution >= 4 is 87.2 Å². The topological polar surface area (TPSA) is 58.4 Å². The molecule has 0 aliphatic heterocycles. The molecule has 0 N–H and O–H groups in total. The Morgan fingerprint density at radius 3 is 0.857 bits per heavy atom. The summed E-state index contributed by atoms with van der Waals surface area (Å²) in [5.74, 6) is 1.85. The molecule has 0 unspecified atom stereocenters. The fraction of sp³-hybridized carbons (Fsp3) is 0.0143. The van der Waals surface area contributed by atoms with Crippen molar-refractivity contribution in [2.45, 2.75) is 6.92 Å². The van der Waals surface area contributed by atoms with Gasteiger partial charge in [-0.15, -0.1) is 0 Å². The van der Waals surface area contributed by atoms with Gasteiger partial charge >= 0.3 is 0 Å². The van der Waals surface area contributed by atoms with Gasteiger partial charge in [0.25, 0.3) is 0 Å². The predicted molar refractivity (Wildman–Crippen MR) is 318 cm³/mol. The highest BCUT2D eigenvalue weighted by Crippen LogP contribution is 2.40. The zero-order valence-corrected chi connectivity index (χ0v) is 41.9. The average Bonchev–Trinajstić information content (AvgIpc) is 4.41. The number of hydrogen-bond acceptors (Lipinski definition) is 3. The van der Waals surface area contributed by atoms with Gasteiger partial charge in [-0.3, -0.25) is 0 Å². The molecule has 7 nitrogen and oxygen atoms in total. The lowest BCUT2D eigenvalue weighted by atomic mass is 10.1. The van der Waals surface area contributed by atoms with E-state index in [2.05, 4.69) is 280 Å². The molecule has 0 atom stereocenters. The Kier molecular flexibility index (Phi) is 9.41. The second kappa shape index (κ2) is 16.8. The van der Waals surface area contributed by atoms with E-state index in [1.165, 1.54) is 65.2 Å². The third kappa shape index (κ3) is 6.67. The van der Waals surface area contributed by atoms with E-state index in [0.29, 0.717) is 17.5 Å². The van der Waals surface area contributed by atoms with E-state index in [0.717, 1.165) is 67.1 Å². The summed E-state index contributed by atoms with van der Waals surface area (Å²) in [7, 11) is 0. The number of benzene rings is 11. The Morgan fingerprint density at radius 1 is 0.221 bits per heavy atom. The van der Waals surface area contributed by atoms with E-state index in [9.17, 15) is 0 Å². The maximum atomic E-state index is 5.22. The van der Waals surface area contributed by atoms with Gasteiger partial charge in [0, 0.05) is 82.5 Å². The zero-order chi connectivity index (χ0) is 50.7. The fourth-order valence-corrected chi connectivity index (χ4v) is 12.2. The molecule has 0 bridgehead atoms. The Labute approximate surface area is 442 Å². The first-order valence-electron chi connectivity index (χ1n) is 26.2. The first kappa shape index (κ1) is 43.1. The van der Waals surface area contributed by atoms with E-state index in [4.69, 9.17) is 15.0 Å². The van der Waals surface area contributed by atoms with Crippen LogP contribution in [-0.2, 0) is 0 Å². The van der Waals surface area contributed by atoms with Gasteiger partial charge < -0.3 is 18.3 Å². The SMILES string of the molecule is Cc1cccc(-c2nc(-c3ccc(-n4c5ccccc5c5cc(-n6c7ccccc7c7ccccc76)ccc54)cc3)nc(-c3ccc(-n4c5ccccc5c5cc(-n6c7ccccc7c7ccccc76)ccc54)cc3)n2)c1. The highest BCUT2D eigenvalue weighted by atomic mass is 15.0. The molecule has 360 valence electrons. The Hall–Kier alpha value is -10.4. The van der Waals surface area contributed by atoms with Gasteiger partial charge in [0.1, 0.15) is 0 Å². The van der Waals surface area contributed by atoms with Gasteiger partial charge in [0.05, 0.1) is 44.1 Å². The minimum Gasteiger partial charge on any atom is -0.309 e. The number of nitrogens with zero attached hydrogens (tertiary/aromatic N) is 7. The summed E-state index contributed by atoms with van der Waals surface area (Å²) in [4.78, 5) is 15.5. The van der Waals surface area contributed by atoms with E-state index in [1.807, 2.05) is 0 Å². The number of fused-ring (bicyclic) bond motifs is 12. The third-order valence-corrected chi connectivity index (χ3v) is 15.7. The molecule has 16 rings (SSSR count). The quantitative estimate of drug-likeness (QED) is 0.160. The largest absolute Gasteiger partial charge is 0.309 e. The Balaban J connectivity index is 0.779. The minimum atomic E-state index is 0.613. The number of hydrogen-bond donors (Lipinski definition) is 0. The molecule has 0 fully saturated rings. The van der Waals surface area contributed by atoms with Crippen LogP contribution in [0, 0.1) is 6.92 Å². The van der Waals surface area contributed by atoms with Crippen LogP contribution in [0.2, 0.25) is 0 Å². The molecule has 0 radical (unpaired) electrons. The van der Waals surface area contributed by atoms with E-state index < -0.39 is 0 Å². The molecule has 0 amide bonds. The van der Waals surface area contributed by atoms with E-state index in [1.54, 1.807) is 0 Å². The van der Waals surface area contributed by atoms with Gasteiger partial charge in [-0.05, 0) is 134 Å². The summed E-state index contributed by atoms with van der Waals surface area (Å²) in [6, 6.07) is 91.6. The standard InChI is InChI=1S/C70H45N7/c1-44-15-14-16-47(41-44)70-72-68(45-29-33-48(34-30-45)74-64-27-12-6-21-56(64)58-42-50(37-39-66(58)74)76-60-23-8-2-17-52(60)53-18-3-9-24-61(53)76)71-69(73-70)46-31-35-49(36-32-46)75-65-28-13-7-22-57(65)59-43-51(38-40-67(59)75)77-62-25-10-4-19-54(62)55-20-5-11-26-63(55)77/h2-43H,1H3. The van der Waals surface area contributed by atoms with Crippen molar-refractivity contribution in [3.63, 3.8) is 0 Å². The lowest BCUT2D eigenvalue weighted by Crippen LogP contribution is -2.01. The molecule has 0 spiro atoms. The molecule has 0 saturated carbocycles. The molecule has 5 heterocycles. The molecule has 0 aliphatic rings. The number of aryl methyl sites for hydroxylation is 1. The summed E-state index contributed by atoms with van der Waals surface area (Å²) in [5.41, 5.74) is 17.6. The van der Waals surface area contributed by atoms with Gasteiger partial charge in [-0.1, -0.05) is 133 Å². The molecular formula is C70H45N7. The number of para-hydroxylation sites is 6. The van der Waals surface area contributed by atoms with Crippen LogP contribution in [0.5, 0.6) is 0 Å². The smallest absolute Gasteiger partial charge is 0.164 e. The van der Waals surface area contributed by atoms with Crippen molar-refractivity contribution in [1.29, 1.82) is 0 Å². The molecule has 7 heteroatoms. The Morgan fingerprint density at radius 2 is 0.506 bits per heavy atom. The first-order chi connectivity index (χ1) is 38.1. The number of rotatable bonds is 7. The molecule has 11 aromatic carbocycles. The predicted octanol–water partition coefficient (Wildman–Crippen LogP) is 17.6. The molecule has 77 heavy (non-hydrogen) atoms. The van der Waals surface area contributed by atoms with Crippen molar-refractivity contribution in [1.82, 2.24) is 33.2 Å². The summed E-state index contributed by atoms with van der Waals surface area (Å²) >= 11 is 0. The number of aromatic nitrogens is 7. The van der Waals surface area contributed by atoms with E-state index in [-0.39, 0.29) is 0 Å². The van der Waals surface area contributed by atoms with Gasteiger partial charge in [-0.25, -0.2) is 15.0 Å². The van der Waals surface area contributed by atoms with Crippen LogP contribution in [0.25, 0.3) is 144 Å². The van der Waals surface area contributed by atoms with Crippen molar-refractivity contribution in [2.24, 2.45) is 0 Å². The van der Waals surface area contributed by atoms with Crippen molar-refractivity contribution < 1.29 is 0 Å². The summed E-state index contributed by atoms with van der Waals surface area (Å²) in [6.45, 7) is 2.10. The van der Waals surface area contributed by atoms with Crippen LogP contribution < -0.4 is 0 Å². The van der Waals surface area contributed by atoms with Gasteiger partial charge in [-0.2, -0.15) is 0 Å². The molecule has 0 saturated heterocycles. The monoisotopic (exact) mass is 983 g/mol. The summed E-state index contributed by atoms with van der Waals surface area (Å²) in [6.07, 6.45) is 0. The fourth-order valence-electron chi connectivity index (χ4n) is 12.2. The average molecular weight is 984 g/mol. The van der Waals surface area contributed by atoms with Crippen LogP contribution in [0.3, 0.4) is 0 Å². The lowest BCUT2D eigenvalue weighted by Gasteiger charge is -2.12. The normalized spacial score (nSPS) is 12.0. The zero-order valence-electron chi connectivity index (χ0n) is 41.9. The van der Waals surface area contributed by atoms with Crippen LogP contribution >= 0.6 is 0 Å².